The van der Waals surface area contributed by atoms with Crippen LogP contribution in [0.5, 0.6) is 0 Å². The summed E-state index contributed by atoms with van der Waals surface area (Å²) < 4.78 is 16.9. The van der Waals surface area contributed by atoms with Crippen LogP contribution in [-0.2, 0) is 28.6 Å². The van der Waals surface area contributed by atoms with E-state index in [1.54, 1.807) is 0 Å². The first-order valence-corrected chi connectivity index (χ1v) is 30.5. The average Bonchev–Trinajstić information content (AvgIpc) is 3.35. The maximum atomic E-state index is 12.9. The number of ether oxygens (including phenoxy) is 3. The van der Waals surface area contributed by atoms with Crippen molar-refractivity contribution in [2.24, 2.45) is 0 Å². The topological polar surface area (TPSA) is 78.9 Å². The standard InChI is InChI=1S/C63H116O6/c1-4-7-10-13-16-19-22-25-27-28-29-30-31-32-33-34-36-38-41-44-47-50-53-56-62(65)68-59-60(58-67-61(64)55-52-49-46-43-40-37-24-21-18-15-12-9-6-3)69-63(66)57-54-51-48-45-42-39-35-26-23-20-17-14-11-8-5-2/h9,12,18,21,37,40,60H,4-8,10-11,13-17,19-20,22-36,38-39,41-59H2,1-3H3/b12-9-,21-18-,40-37-. The highest BCUT2D eigenvalue weighted by atomic mass is 16.6. The van der Waals surface area contributed by atoms with Gasteiger partial charge in [-0.3, -0.25) is 14.4 Å². The fourth-order valence-corrected chi connectivity index (χ4v) is 9.11. The minimum absolute atomic E-state index is 0.0764. The monoisotopic (exact) mass is 969 g/mol. The maximum Gasteiger partial charge on any atom is 0.306 e. The van der Waals surface area contributed by atoms with Gasteiger partial charge in [-0.05, 0) is 51.4 Å². The SMILES string of the molecule is CC/C=C\C/C=C\C/C=C\CCCCCC(=O)OCC(COC(=O)CCCCCCCCCCCCCCCCCCCCCCCCC)OC(=O)CCCCCCCCCCCCCCCCC. The van der Waals surface area contributed by atoms with Crippen LogP contribution in [0.2, 0.25) is 0 Å². The van der Waals surface area contributed by atoms with E-state index in [4.69, 9.17) is 14.2 Å². The van der Waals surface area contributed by atoms with Gasteiger partial charge in [-0.15, -0.1) is 0 Å². The first kappa shape index (κ1) is 66.6. The zero-order valence-electron chi connectivity index (χ0n) is 46.3. The second-order valence-electron chi connectivity index (χ2n) is 20.6. The van der Waals surface area contributed by atoms with Crippen LogP contribution < -0.4 is 0 Å². The third-order valence-electron chi connectivity index (χ3n) is 13.7. The lowest BCUT2D eigenvalue weighted by atomic mass is 10.0. The second kappa shape index (κ2) is 58.2. The van der Waals surface area contributed by atoms with Gasteiger partial charge >= 0.3 is 17.9 Å². The van der Waals surface area contributed by atoms with Crippen molar-refractivity contribution < 1.29 is 28.6 Å². The fraction of sp³-hybridized carbons (Fsp3) is 0.857. The number of rotatable bonds is 56. The van der Waals surface area contributed by atoms with Crippen LogP contribution in [0.15, 0.2) is 36.5 Å². The predicted octanol–water partition coefficient (Wildman–Crippen LogP) is 20.4. The Bertz CT molecular complexity index is 1160. The molecule has 0 saturated carbocycles. The molecular formula is C63H116O6. The molecule has 0 rings (SSSR count). The summed E-state index contributed by atoms with van der Waals surface area (Å²) >= 11 is 0. The molecule has 0 spiro atoms. The van der Waals surface area contributed by atoms with Crippen LogP contribution in [-0.4, -0.2) is 37.2 Å². The average molecular weight is 970 g/mol. The molecule has 0 aliphatic rings. The van der Waals surface area contributed by atoms with E-state index in [1.807, 2.05) is 0 Å². The molecule has 1 atom stereocenters. The van der Waals surface area contributed by atoms with Crippen molar-refractivity contribution in [1.29, 1.82) is 0 Å². The van der Waals surface area contributed by atoms with Gasteiger partial charge in [0.25, 0.3) is 0 Å². The number of carbonyl (C=O) groups excluding carboxylic acids is 3. The van der Waals surface area contributed by atoms with Crippen LogP contribution in [0.4, 0.5) is 0 Å². The summed E-state index contributed by atoms with van der Waals surface area (Å²) in [6.45, 7) is 6.56. The molecule has 0 radical (unpaired) electrons. The van der Waals surface area contributed by atoms with Crippen LogP contribution in [0, 0.1) is 0 Å². The summed E-state index contributed by atoms with van der Waals surface area (Å²) in [6, 6.07) is 0. The molecule has 0 heterocycles. The Kier molecular flexibility index (Phi) is 56.2. The van der Waals surface area contributed by atoms with E-state index in [-0.39, 0.29) is 31.1 Å². The van der Waals surface area contributed by atoms with Gasteiger partial charge in [0.15, 0.2) is 6.10 Å². The van der Waals surface area contributed by atoms with Gasteiger partial charge < -0.3 is 14.2 Å². The lowest BCUT2D eigenvalue weighted by Crippen LogP contribution is -2.30. The summed E-state index contributed by atoms with van der Waals surface area (Å²) in [5, 5.41) is 0. The number of allylic oxidation sites excluding steroid dienone is 6. The van der Waals surface area contributed by atoms with Gasteiger partial charge in [0.1, 0.15) is 13.2 Å². The lowest BCUT2D eigenvalue weighted by molar-refractivity contribution is -0.167. The molecule has 0 aromatic heterocycles. The molecular weight excluding hydrogens is 853 g/mol. The molecule has 0 aliphatic carbocycles. The van der Waals surface area contributed by atoms with E-state index in [0.717, 1.165) is 83.5 Å². The molecule has 0 saturated heterocycles. The van der Waals surface area contributed by atoms with E-state index >= 15 is 0 Å². The molecule has 6 heteroatoms. The second-order valence-corrected chi connectivity index (χ2v) is 20.6. The summed E-state index contributed by atoms with van der Waals surface area (Å²) in [4.78, 5) is 38.2. The minimum atomic E-state index is -0.780. The molecule has 1 unspecified atom stereocenters. The van der Waals surface area contributed by atoms with Crippen LogP contribution >= 0.6 is 0 Å². The molecule has 0 N–H and O–H groups in total. The van der Waals surface area contributed by atoms with Crippen molar-refractivity contribution in [2.45, 2.75) is 335 Å². The van der Waals surface area contributed by atoms with E-state index in [9.17, 15) is 14.4 Å². The summed E-state index contributed by atoms with van der Waals surface area (Å²) in [6.07, 6.45) is 70.1. The molecule has 404 valence electrons. The number of hydrogen-bond donors (Lipinski definition) is 0. The van der Waals surface area contributed by atoms with E-state index in [0.29, 0.717) is 19.3 Å². The first-order chi connectivity index (χ1) is 34.0. The van der Waals surface area contributed by atoms with Crippen LogP contribution in [0.1, 0.15) is 329 Å². The van der Waals surface area contributed by atoms with Gasteiger partial charge in [0.05, 0.1) is 0 Å². The predicted molar refractivity (Wildman–Crippen MR) is 298 cm³/mol. The molecule has 0 aromatic rings. The molecule has 0 aromatic carbocycles. The van der Waals surface area contributed by atoms with Gasteiger partial charge in [-0.2, -0.15) is 0 Å². The van der Waals surface area contributed by atoms with Crippen LogP contribution in [0.25, 0.3) is 0 Å². The van der Waals surface area contributed by atoms with Gasteiger partial charge in [0.2, 0.25) is 0 Å². The molecule has 0 fully saturated rings. The summed E-state index contributed by atoms with van der Waals surface area (Å²) in [7, 11) is 0. The number of esters is 3. The van der Waals surface area contributed by atoms with Crippen molar-refractivity contribution in [3.63, 3.8) is 0 Å². The van der Waals surface area contributed by atoms with Gasteiger partial charge in [-0.25, -0.2) is 0 Å². The minimum Gasteiger partial charge on any atom is -0.462 e. The third kappa shape index (κ3) is 56.4. The molecule has 0 amide bonds. The zero-order chi connectivity index (χ0) is 50.0. The maximum absolute atomic E-state index is 12.9. The number of hydrogen-bond acceptors (Lipinski definition) is 6. The fourth-order valence-electron chi connectivity index (χ4n) is 9.11. The zero-order valence-corrected chi connectivity index (χ0v) is 46.3. The molecule has 0 aliphatic heterocycles. The highest BCUT2D eigenvalue weighted by Crippen LogP contribution is 2.18. The highest BCUT2D eigenvalue weighted by Gasteiger charge is 2.19. The normalized spacial score (nSPS) is 12.2. The van der Waals surface area contributed by atoms with Gasteiger partial charge in [0, 0.05) is 19.3 Å². The largest absolute Gasteiger partial charge is 0.462 e. The Morgan fingerprint density at radius 2 is 0.565 bits per heavy atom. The first-order valence-electron chi connectivity index (χ1n) is 30.5. The Balaban J connectivity index is 4.25. The van der Waals surface area contributed by atoms with Crippen molar-refractivity contribution in [1.82, 2.24) is 0 Å². The highest BCUT2D eigenvalue weighted by molar-refractivity contribution is 5.71. The Morgan fingerprint density at radius 1 is 0.304 bits per heavy atom. The van der Waals surface area contributed by atoms with Crippen molar-refractivity contribution in [3.8, 4) is 0 Å². The van der Waals surface area contributed by atoms with Crippen molar-refractivity contribution >= 4 is 17.9 Å². The number of carbonyl (C=O) groups is 3. The molecule has 0 bridgehead atoms. The van der Waals surface area contributed by atoms with E-state index in [2.05, 4.69) is 57.2 Å². The van der Waals surface area contributed by atoms with E-state index < -0.39 is 6.10 Å². The molecule has 69 heavy (non-hydrogen) atoms. The smallest absolute Gasteiger partial charge is 0.306 e. The van der Waals surface area contributed by atoms with Crippen molar-refractivity contribution in [2.75, 3.05) is 13.2 Å². The Morgan fingerprint density at radius 3 is 0.884 bits per heavy atom. The summed E-state index contributed by atoms with van der Waals surface area (Å²) in [5.41, 5.74) is 0. The lowest BCUT2D eigenvalue weighted by Gasteiger charge is -2.18. The van der Waals surface area contributed by atoms with Crippen molar-refractivity contribution in [3.05, 3.63) is 36.5 Å². The Labute approximate surface area is 429 Å². The van der Waals surface area contributed by atoms with E-state index in [1.165, 1.54) is 205 Å². The van der Waals surface area contributed by atoms with Gasteiger partial charge in [-0.1, -0.05) is 295 Å². The van der Waals surface area contributed by atoms with Crippen LogP contribution in [0.3, 0.4) is 0 Å². The quantitative estimate of drug-likeness (QED) is 0.0261. The number of unbranched alkanes of at least 4 members (excludes halogenated alkanes) is 39. The Hall–Kier alpha value is -2.37. The summed E-state index contributed by atoms with van der Waals surface area (Å²) in [5.74, 6) is -0.886. The third-order valence-corrected chi connectivity index (χ3v) is 13.7. The molecule has 6 nitrogen and oxygen atoms in total.